The monoisotopic (exact) mass is 392 g/mol. The summed E-state index contributed by atoms with van der Waals surface area (Å²) in [5.41, 5.74) is 0.680. The molecule has 1 amide bonds. The number of carbonyl (C=O) groups is 1. The third-order valence-corrected chi connectivity index (χ3v) is 5.80. The maximum absolute atomic E-state index is 14.7. The van der Waals surface area contributed by atoms with Gasteiger partial charge < -0.3 is 14.7 Å². The van der Waals surface area contributed by atoms with Crippen molar-refractivity contribution in [2.24, 2.45) is 5.92 Å². The number of carbonyl (C=O) groups excluding carboxylic acids is 1. The SMILES string of the molecule is CCCC(=O)N1CCN(c2cc(N3CCC(C)CC3)c(F)cc2[N+](=O)[O-])CC1. The molecule has 0 atom stereocenters. The highest BCUT2D eigenvalue weighted by molar-refractivity contribution is 5.77. The summed E-state index contributed by atoms with van der Waals surface area (Å²) < 4.78 is 14.7. The molecule has 8 heteroatoms. The van der Waals surface area contributed by atoms with Gasteiger partial charge in [-0.1, -0.05) is 13.8 Å². The molecule has 2 fully saturated rings. The Balaban J connectivity index is 1.82. The first-order valence-electron chi connectivity index (χ1n) is 10.2. The zero-order chi connectivity index (χ0) is 20.3. The molecule has 0 aromatic heterocycles. The Morgan fingerprint density at radius 3 is 2.29 bits per heavy atom. The van der Waals surface area contributed by atoms with E-state index in [0.717, 1.165) is 38.4 Å². The van der Waals surface area contributed by atoms with Crippen LogP contribution in [0.5, 0.6) is 0 Å². The number of nitro groups is 1. The molecule has 0 unspecified atom stereocenters. The molecule has 1 aromatic rings. The van der Waals surface area contributed by atoms with Gasteiger partial charge in [0.25, 0.3) is 5.69 Å². The minimum Gasteiger partial charge on any atom is -0.369 e. The van der Waals surface area contributed by atoms with Crippen molar-refractivity contribution < 1.29 is 14.1 Å². The molecule has 28 heavy (non-hydrogen) atoms. The number of hydrogen-bond acceptors (Lipinski definition) is 5. The second-order valence-corrected chi connectivity index (χ2v) is 7.84. The number of hydrogen-bond donors (Lipinski definition) is 0. The van der Waals surface area contributed by atoms with E-state index < -0.39 is 10.7 Å². The number of amides is 1. The van der Waals surface area contributed by atoms with E-state index in [1.165, 1.54) is 0 Å². The number of benzene rings is 1. The van der Waals surface area contributed by atoms with E-state index in [1.807, 2.05) is 21.6 Å². The standard InChI is InChI=1S/C20H29FN4O3/c1-3-4-20(26)24-11-9-23(10-12-24)18-14-17(16(21)13-19(18)25(27)28)22-7-5-15(2)6-8-22/h13-15H,3-12H2,1-2H3. The highest BCUT2D eigenvalue weighted by Gasteiger charge is 2.29. The van der Waals surface area contributed by atoms with Crippen LogP contribution in [0.4, 0.5) is 21.5 Å². The molecule has 3 rings (SSSR count). The summed E-state index contributed by atoms with van der Waals surface area (Å²) in [5.74, 6) is 0.200. The van der Waals surface area contributed by atoms with Gasteiger partial charge in [0.15, 0.2) is 5.82 Å². The lowest BCUT2D eigenvalue weighted by molar-refractivity contribution is -0.384. The molecule has 0 bridgehead atoms. The van der Waals surface area contributed by atoms with E-state index in [2.05, 4.69) is 6.92 Å². The van der Waals surface area contributed by atoms with E-state index in [0.29, 0.717) is 49.9 Å². The molecule has 0 N–H and O–H groups in total. The van der Waals surface area contributed by atoms with Crippen molar-refractivity contribution in [3.63, 3.8) is 0 Å². The molecule has 2 heterocycles. The van der Waals surface area contributed by atoms with Gasteiger partial charge in [-0.3, -0.25) is 14.9 Å². The normalized spacial score (nSPS) is 18.5. The van der Waals surface area contributed by atoms with Gasteiger partial charge in [0.05, 0.1) is 16.7 Å². The van der Waals surface area contributed by atoms with Gasteiger partial charge in [0.1, 0.15) is 5.69 Å². The fourth-order valence-corrected chi connectivity index (χ4v) is 4.00. The fourth-order valence-electron chi connectivity index (χ4n) is 4.00. The van der Waals surface area contributed by atoms with Crippen LogP contribution in [0, 0.1) is 21.8 Å². The molecular weight excluding hydrogens is 363 g/mol. The lowest BCUT2D eigenvalue weighted by atomic mass is 9.98. The van der Waals surface area contributed by atoms with Crippen LogP contribution in [0.2, 0.25) is 0 Å². The number of piperidine rings is 1. The van der Waals surface area contributed by atoms with Crippen LogP contribution in [0.25, 0.3) is 0 Å². The summed E-state index contributed by atoms with van der Waals surface area (Å²) >= 11 is 0. The second kappa shape index (κ2) is 8.75. The molecular formula is C20H29FN4O3. The van der Waals surface area contributed by atoms with Crippen molar-refractivity contribution in [1.29, 1.82) is 0 Å². The quantitative estimate of drug-likeness (QED) is 0.567. The number of nitro benzene ring substituents is 1. The molecule has 0 spiro atoms. The summed E-state index contributed by atoms with van der Waals surface area (Å²) in [4.78, 5) is 28.8. The molecule has 0 saturated carbocycles. The van der Waals surface area contributed by atoms with Crippen LogP contribution in [0.15, 0.2) is 12.1 Å². The average Bonchev–Trinajstić information content (AvgIpc) is 2.69. The van der Waals surface area contributed by atoms with Crippen molar-refractivity contribution in [1.82, 2.24) is 4.90 Å². The summed E-state index contributed by atoms with van der Waals surface area (Å²) in [5, 5.41) is 11.5. The summed E-state index contributed by atoms with van der Waals surface area (Å²) in [6, 6.07) is 2.68. The van der Waals surface area contributed by atoms with Gasteiger partial charge in [0.2, 0.25) is 5.91 Å². The van der Waals surface area contributed by atoms with Gasteiger partial charge in [-0.2, -0.15) is 0 Å². The molecule has 2 aliphatic rings. The molecule has 0 aliphatic carbocycles. The number of anilines is 2. The number of nitrogens with zero attached hydrogens (tertiary/aromatic N) is 4. The van der Waals surface area contributed by atoms with E-state index in [-0.39, 0.29) is 11.6 Å². The fraction of sp³-hybridized carbons (Fsp3) is 0.650. The van der Waals surface area contributed by atoms with E-state index in [4.69, 9.17) is 0 Å². The molecule has 2 saturated heterocycles. The molecule has 1 aromatic carbocycles. The predicted octanol–water partition coefficient (Wildman–Crippen LogP) is 3.42. The van der Waals surface area contributed by atoms with Crippen molar-refractivity contribution in [3.05, 3.63) is 28.1 Å². The lowest BCUT2D eigenvalue weighted by Crippen LogP contribution is -2.49. The molecule has 2 aliphatic heterocycles. The van der Waals surface area contributed by atoms with Gasteiger partial charge in [-0.25, -0.2) is 4.39 Å². The highest BCUT2D eigenvalue weighted by atomic mass is 19.1. The number of rotatable bonds is 5. The Kier molecular flexibility index (Phi) is 6.36. The average molecular weight is 392 g/mol. The molecule has 0 radical (unpaired) electrons. The smallest absolute Gasteiger partial charge is 0.295 e. The Bertz CT molecular complexity index is 726. The second-order valence-electron chi connectivity index (χ2n) is 7.84. The zero-order valence-corrected chi connectivity index (χ0v) is 16.7. The first kappa shape index (κ1) is 20.4. The van der Waals surface area contributed by atoms with Crippen LogP contribution in [-0.2, 0) is 4.79 Å². The van der Waals surface area contributed by atoms with Crippen molar-refractivity contribution in [2.45, 2.75) is 39.5 Å². The van der Waals surface area contributed by atoms with Crippen molar-refractivity contribution >= 4 is 23.0 Å². The van der Waals surface area contributed by atoms with Crippen molar-refractivity contribution in [2.75, 3.05) is 49.1 Å². The van der Waals surface area contributed by atoms with Crippen LogP contribution in [0.1, 0.15) is 39.5 Å². The van der Waals surface area contributed by atoms with Crippen LogP contribution < -0.4 is 9.80 Å². The third kappa shape index (κ3) is 4.36. The Hall–Kier alpha value is -2.38. The first-order valence-corrected chi connectivity index (χ1v) is 10.2. The van der Waals surface area contributed by atoms with E-state index in [1.54, 1.807) is 6.07 Å². The highest BCUT2D eigenvalue weighted by Crippen LogP contribution is 2.37. The van der Waals surface area contributed by atoms with Gasteiger partial charge in [0, 0.05) is 45.7 Å². The van der Waals surface area contributed by atoms with Crippen LogP contribution in [-0.4, -0.2) is 55.0 Å². The van der Waals surface area contributed by atoms with E-state index >= 15 is 0 Å². The minimum atomic E-state index is -0.540. The number of piperazine rings is 1. The molecule has 154 valence electrons. The van der Waals surface area contributed by atoms with Crippen LogP contribution in [0.3, 0.4) is 0 Å². The Labute approximate surface area is 165 Å². The summed E-state index contributed by atoms with van der Waals surface area (Å²) in [7, 11) is 0. The van der Waals surface area contributed by atoms with E-state index in [9.17, 15) is 19.3 Å². The third-order valence-electron chi connectivity index (χ3n) is 5.80. The summed E-state index contributed by atoms with van der Waals surface area (Å²) in [6.07, 6.45) is 3.31. The Morgan fingerprint density at radius 2 is 1.71 bits per heavy atom. The predicted molar refractivity (Wildman–Crippen MR) is 107 cm³/mol. The Morgan fingerprint density at radius 1 is 1.11 bits per heavy atom. The summed E-state index contributed by atoms with van der Waals surface area (Å²) in [6.45, 7) is 7.76. The van der Waals surface area contributed by atoms with Crippen molar-refractivity contribution in [3.8, 4) is 0 Å². The number of halogens is 1. The van der Waals surface area contributed by atoms with Gasteiger partial charge in [-0.15, -0.1) is 0 Å². The zero-order valence-electron chi connectivity index (χ0n) is 16.7. The van der Waals surface area contributed by atoms with Gasteiger partial charge >= 0.3 is 0 Å². The van der Waals surface area contributed by atoms with Gasteiger partial charge in [-0.05, 0) is 31.2 Å². The molecule has 7 nitrogen and oxygen atoms in total. The minimum absolute atomic E-state index is 0.124. The van der Waals surface area contributed by atoms with Crippen LogP contribution >= 0.6 is 0 Å². The topological polar surface area (TPSA) is 69.9 Å². The first-order chi connectivity index (χ1) is 13.4. The maximum atomic E-state index is 14.7. The maximum Gasteiger partial charge on any atom is 0.295 e. The largest absolute Gasteiger partial charge is 0.369 e. The lowest BCUT2D eigenvalue weighted by Gasteiger charge is -2.37.